The SMILES string of the molecule is Cn1nccc1-c1cncc(CC2CCCNC2)n1. The fourth-order valence-electron chi connectivity index (χ4n) is 2.65. The monoisotopic (exact) mass is 257 g/mol. The van der Waals surface area contributed by atoms with Gasteiger partial charge in [0, 0.05) is 19.4 Å². The molecule has 5 nitrogen and oxygen atoms in total. The second-order valence-corrected chi connectivity index (χ2v) is 5.15. The van der Waals surface area contributed by atoms with Crippen LogP contribution in [0.15, 0.2) is 24.7 Å². The molecule has 1 unspecified atom stereocenters. The third-order valence-corrected chi connectivity index (χ3v) is 3.66. The number of aryl methyl sites for hydroxylation is 1. The summed E-state index contributed by atoms with van der Waals surface area (Å²) in [6, 6.07) is 1.97. The molecule has 3 heterocycles. The van der Waals surface area contributed by atoms with Gasteiger partial charge in [0.25, 0.3) is 0 Å². The molecule has 1 aliphatic rings. The highest BCUT2D eigenvalue weighted by Gasteiger charge is 2.15. The lowest BCUT2D eigenvalue weighted by molar-refractivity contribution is 0.373. The summed E-state index contributed by atoms with van der Waals surface area (Å²) >= 11 is 0. The van der Waals surface area contributed by atoms with Gasteiger partial charge in [-0.2, -0.15) is 5.10 Å². The molecule has 0 aliphatic carbocycles. The van der Waals surface area contributed by atoms with Crippen LogP contribution in [0.2, 0.25) is 0 Å². The first-order valence-electron chi connectivity index (χ1n) is 6.83. The van der Waals surface area contributed by atoms with Crippen LogP contribution in [0, 0.1) is 5.92 Å². The zero-order chi connectivity index (χ0) is 13.1. The van der Waals surface area contributed by atoms with Crippen LogP contribution in [-0.2, 0) is 13.5 Å². The topological polar surface area (TPSA) is 55.6 Å². The molecule has 1 saturated heterocycles. The van der Waals surface area contributed by atoms with E-state index in [1.807, 2.05) is 24.0 Å². The molecule has 19 heavy (non-hydrogen) atoms. The van der Waals surface area contributed by atoms with Crippen molar-refractivity contribution < 1.29 is 0 Å². The lowest BCUT2D eigenvalue weighted by Crippen LogP contribution is -2.31. The first kappa shape index (κ1) is 12.3. The van der Waals surface area contributed by atoms with E-state index in [1.54, 1.807) is 12.4 Å². The highest BCUT2D eigenvalue weighted by Crippen LogP contribution is 2.18. The standard InChI is InChI=1S/C14H19N5/c1-19-14(4-6-17-19)13-10-16-9-12(18-13)7-11-3-2-5-15-8-11/h4,6,9-11,15H,2-3,5,7-8H2,1H3. The zero-order valence-electron chi connectivity index (χ0n) is 11.2. The smallest absolute Gasteiger partial charge is 0.107 e. The van der Waals surface area contributed by atoms with Crippen molar-refractivity contribution in [2.75, 3.05) is 13.1 Å². The van der Waals surface area contributed by atoms with Gasteiger partial charge in [-0.05, 0) is 44.3 Å². The van der Waals surface area contributed by atoms with Crippen LogP contribution < -0.4 is 5.32 Å². The van der Waals surface area contributed by atoms with E-state index in [4.69, 9.17) is 4.98 Å². The van der Waals surface area contributed by atoms with Crippen molar-refractivity contribution in [3.8, 4) is 11.4 Å². The Morgan fingerprint density at radius 3 is 3.11 bits per heavy atom. The van der Waals surface area contributed by atoms with E-state index in [2.05, 4.69) is 15.4 Å². The molecular weight excluding hydrogens is 238 g/mol. The van der Waals surface area contributed by atoms with Gasteiger partial charge in [0.1, 0.15) is 5.69 Å². The van der Waals surface area contributed by atoms with Gasteiger partial charge in [0.2, 0.25) is 0 Å². The van der Waals surface area contributed by atoms with Crippen LogP contribution in [0.1, 0.15) is 18.5 Å². The van der Waals surface area contributed by atoms with E-state index in [9.17, 15) is 0 Å². The van der Waals surface area contributed by atoms with E-state index in [0.717, 1.165) is 36.6 Å². The highest BCUT2D eigenvalue weighted by molar-refractivity contribution is 5.52. The van der Waals surface area contributed by atoms with E-state index in [-0.39, 0.29) is 0 Å². The van der Waals surface area contributed by atoms with E-state index in [1.165, 1.54) is 12.8 Å². The summed E-state index contributed by atoms with van der Waals surface area (Å²) in [6.45, 7) is 2.24. The Bertz CT molecular complexity index is 542. The third kappa shape index (κ3) is 2.81. The Labute approximate surface area is 113 Å². The number of piperidine rings is 1. The molecule has 0 amide bonds. The third-order valence-electron chi connectivity index (χ3n) is 3.66. The summed E-state index contributed by atoms with van der Waals surface area (Å²) in [7, 11) is 1.93. The minimum atomic E-state index is 0.685. The van der Waals surface area contributed by atoms with Crippen LogP contribution in [0.25, 0.3) is 11.4 Å². The van der Waals surface area contributed by atoms with Crippen molar-refractivity contribution in [3.05, 3.63) is 30.4 Å². The molecule has 0 spiro atoms. The minimum absolute atomic E-state index is 0.685. The summed E-state index contributed by atoms with van der Waals surface area (Å²) in [5, 5.41) is 7.62. The fraction of sp³-hybridized carbons (Fsp3) is 0.500. The largest absolute Gasteiger partial charge is 0.316 e. The second-order valence-electron chi connectivity index (χ2n) is 5.15. The molecule has 5 heteroatoms. The number of hydrogen-bond donors (Lipinski definition) is 1. The van der Waals surface area contributed by atoms with Crippen LogP contribution in [0.3, 0.4) is 0 Å². The van der Waals surface area contributed by atoms with Crippen molar-refractivity contribution in [1.82, 2.24) is 25.1 Å². The molecule has 1 aliphatic heterocycles. The van der Waals surface area contributed by atoms with Crippen molar-refractivity contribution in [3.63, 3.8) is 0 Å². The molecular formula is C14H19N5. The van der Waals surface area contributed by atoms with Crippen LogP contribution in [-0.4, -0.2) is 32.8 Å². The Balaban J connectivity index is 1.78. The van der Waals surface area contributed by atoms with Crippen molar-refractivity contribution in [2.24, 2.45) is 13.0 Å². The van der Waals surface area contributed by atoms with Gasteiger partial charge in [0.05, 0.1) is 17.6 Å². The number of rotatable bonds is 3. The van der Waals surface area contributed by atoms with Crippen LogP contribution in [0.4, 0.5) is 0 Å². The van der Waals surface area contributed by atoms with Gasteiger partial charge in [-0.1, -0.05) is 0 Å². The van der Waals surface area contributed by atoms with Gasteiger partial charge in [-0.25, -0.2) is 4.98 Å². The predicted molar refractivity (Wildman–Crippen MR) is 73.5 cm³/mol. The maximum atomic E-state index is 4.72. The lowest BCUT2D eigenvalue weighted by atomic mass is 9.95. The van der Waals surface area contributed by atoms with Crippen molar-refractivity contribution in [1.29, 1.82) is 0 Å². The first-order valence-corrected chi connectivity index (χ1v) is 6.83. The van der Waals surface area contributed by atoms with Crippen LogP contribution >= 0.6 is 0 Å². The molecule has 0 aromatic carbocycles. The quantitative estimate of drug-likeness (QED) is 0.903. The Morgan fingerprint density at radius 2 is 2.37 bits per heavy atom. The summed E-state index contributed by atoms with van der Waals surface area (Å²) in [5.41, 5.74) is 2.99. The summed E-state index contributed by atoms with van der Waals surface area (Å²) in [4.78, 5) is 9.04. The fourth-order valence-corrected chi connectivity index (χ4v) is 2.65. The highest BCUT2D eigenvalue weighted by atomic mass is 15.3. The molecule has 1 atom stereocenters. The average molecular weight is 257 g/mol. The summed E-state index contributed by atoms with van der Waals surface area (Å²) < 4.78 is 1.83. The van der Waals surface area contributed by atoms with Gasteiger partial charge in [0.15, 0.2) is 0 Å². The summed E-state index contributed by atoms with van der Waals surface area (Å²) in [6.07, 6.45) is 9.03. The number of nitrogens with zero attached hydrogens (tertiary/aromatic N) is 4. The molecule has 0 radical (unpaired) electrons. The van der Waals surface area contributed by atoms with Gasteiger partial charge in [-0.15, -0.1) is 0 Å². The Hall–Kier alpha value is -1.75. The maximum absolute atomic E-state index is 4.72. The molecule has 100 valence electrons. The molecule has 2 aromatic rings. The van der Waals surface area contributed by atoms with Gasteiger partial charge in [-0.3, -0.25) is 9.67 Å². The zero-order valence-corrected chi connectivity index (χ0v) is 11.2. The van der Waals surface area contributed by atoms with E-state index in [0.29, 0.717) is 5.92 Å². The van der Waals surface area contributed by atoms with Gasteiger partial charge >= 0.3 is 0 Å². The number of hydrogen-bond acceptors (Lipinski definition) is 4. The van der Waals surface area contributed by atoms with Crippen molar-refractivity contribution >= 4 is 0 Å². The van der Waals surface area contributed by atoms with Crippen molar-refractivity contribution in [2.45, 2.75) is 19.3 Å². The van der Waals surface area contributed by atoms with Gasteiger partial charge < -0.3 is 5.32 Å². The Morgan fingerprint density at radius 1 is 1.42 bits per heavy atom. The normalized spacial score (nSPS) is 19.5. The maximum Gasteiger partial charge on any atom is 0.107 e. The van der Waals surface area contributed by atoms with Crippen LogP contribution in [0.5, 0.6) is 0 Å². The molecule has 1 N–H and O–H groups in total. The Kier molecular flexibility index (Phi) is 3.55. The first-order chi connectivity index (χ1) is 9.33. The number of nitrogens with one attached hydrogen (secondary N) is 1. The van der Waals surface area contributed by atoms with E-state index < -0.39 is 0 Å². The molecule has 0 bridgehead atoms. The number of aromatic nitrogens is 4. The minimum Gasteiger partial charge on any atom is -0.316 e. The predicted octanol–water partition coefficient (Wildman–Crippen LogP) is 1.42. The lowest BCUT2D eigenvalue weighted by Gasteiger charge is -2.22. The summed E-state index contributed by atoms with van der Waals surface area (Å²) in [5.74, 6) is 0.685. The van der Waals surface area contributed by atoms with E-state index >= 15 is 0 Å². The molecule has 3 rings (SSSR count). The molecule has 2 aromatic heterocycles. The average Bonchev–Trinajstić information content (AvgIpc) is 2.86. The molecule has 0 saturated carbocycles. The second kappa shape index (κ2) is 5.48. The molecule has 1 fully saturated rings.